The van der Waals surface area contributed by atoms with Gasteiger partial charge >= 0.3 is 0 Å². The van der Waals surface area contributed by atoms with Gasteiger partial charge in [0, 0.05) is 6.54 Å². The first-order valence-corrected chi connectivity index (χ1v) is 8.00. The molecule has 0 radical (unpaired) electrons. The topological polar surface area (TPSA) is 71.1 Å². The normalized spacial score (nSPS) is 11.0. The van der Waals surface area contributed by atoms with E-state index in [2.05, 4.69) is 21.6 Å². The number of halogens is 1. The Morgan fingerprint density at radius 1 is 1.32 bits per heavy atom. The van der Waals surface area contributed by atoms with Gasteiger partial charge in [0.1, 0.15) is 11.6 Å². The number of nitrogens with one attached hydrogen (secondary N) is 2. The summed E-state index contributed by atoms with van der Waals surface area (Å²) in [5.41, 5.74) is 1.01. The number of rotatable bonds is 6. The van der Waals surface area contributed by atoms with Crippen molar-refractivity contribution >= 4 is 21.5 Å². The summed E-state index contributed by atoms with van der Waals surface area (Å²) < 4.78 is 40.0. The molecule has 7 heteroatoms. The van der Waals surface area contributed by atoms with Crippen molar-refractivity contribution in [3.05, 3.63) is 60.6 Å². The van der Waals surface area contributed by atoms with Crippen molar-refractivity contribution < 1.29 is 12.8 Å². The quantitative estimate of drug-likeness (QED) is 0.803. The van der Waals surface area contributed by atoms with Gasteiger partial charge in [0.05, 0.1) is 16.8 Å². The number of hydrogen-bond donors (Lipinski definition) is 2. The molecule has 0 bridgehead atoms. The number of aryl methyl sites for hydroxylation is 1. The van der Waals surface area contributed by atoms with Gasteiger partial charge in [-0.3, -0.25) is 4.72 Å². The summed E-state index contributed by atoms with van der Waals surface area (Å²) in [6.07, 6.45) is 3.21. The number of benzene rings is 1. The predicted molar refractivity (Wildman–Crippen MR) is 84.9 cm³/mol. The summed E-state index contributed by atoms with van der Waals surface area (Å²) in [4.78, 5) is 4.01. The van der Waals surface area contributed by atoms with E-state index in [0.29, 0.717) is 6.54 Å². The third-order valence-electron chi connectivity index (χ3n) is 2.89. The Balaban J connectivity index is 2.17. The fourth-order valence-electron chi connectivity index (χ4n) is 1.73. The van der Waals surface area contributed by atoms with Gasteiger partial charge in [-0.05, 0) is 42.8 Å². The molecule has 1 aromatic heterocycles. The van der Waals surface area contributed by atoms with Gasteiger partial charge < -0.3 is 5.32 Å². The Hall–Kier alpha value is -2.41. The maximum atomic E-state index is 13.2. The molecule has 0 aliphatic carbocycles. The van der Waals surface area contributed by atoms with E-state index in [1.54, 1.807) is 18.2 Å². The van der Waals surface area contributed by atoms with Crippen LogP contribution in [0.2, 0.25) is 0 Å². The second kappa shape index (κ2) is 6.57. The lowest BCUT2D eigenvalue weighted by Gasteiger charge is -2.09. The van der Waals surface area contributed by atoms with E-state index in [1.165, 1.54) is 25.3 Å². The molecule has 0 aliphatic heterocycles. The highest BCUT2D eigenvalue weighted by Gasteiger charge is 2.16. The molecule has 0 saturated carbocycles. The van der Waals surface area contributed by atoms with Gasteiger partial charge in [-0.15, -0.1) is 6.58 Å². The van der Waals surface area contributed by atoms with Gasteiger partial charge in [-0.1, -0.05) is 6.08 Å². The number of nitrogens with zero attached hydrogens (tertiary/aromatic N) is 1. The van der Waals surface area contributed by atoms with Crippen LogP contribution in [0.25, 0.3) is 0 Å². The third kappa shape index (κ3) is 3.82. The number of aromatic nitrogens is 1. The molecule has 2 rings (SSSR count). The zero-order chi connectivity index (χ0) is 16.2. The zero-order valence-electron chi connectivity index (χ0n) is 12.0. The molecule has 1 heterocycles. The first-order chi connectivity index (χ1) is 10.4. The molecule has 0 atom stereocenters. The molecule has 0 aliphatic rings. The molecule has 0 amide bonds. The van der Waals surface area contributed by atoms with E-state index in [-0.39, 0.29) is 16.3 Å². The van der Waals surface area contributed by atoms with Crippen molar-refractivity contribution in [2.45, 2.75) is 11.8 Å². The van der Waals surface area contributed by atoms with Crippen LogP contribution in [-0.4, -0.2) is 19.9 Å². The van der Waals surface area contributed by atoms with E-state index in [9.17, 15) is 12.8 Å². The maximum Gasteiger partial charge on any atom is 0.263 e. The molecule has 1 aromatic carbocycles. The van der Waals surface area contributed by atoms with Crippen LogP contribution < -0.4 is 10.0 Å². The number of anilines is 2. The minimum absolute atomic E-state index is 0.0120. The molecule has 0 saturated heterocycles. The molecule has 2 aromatic rings. The van der Waals surface area contributed by atoms with Crippen molar-refractivity contribution in [1.29, 1.82) is 0 Å². The Labute approximate surface area is 129 Å². The van der Waals surface area contributed by atoms with Crippen LogP contribution in [0, 0.1) is 12.7 Å². The van der Waals surface area contributed by atoms with Crippen LogP contribution in [0.1, 0.15) is 5.56 Å². The summed E-state index contributed by atoms with van der Waals surface area (Å²) in [6, 6.07) is 6.85. The second-order valence-electron chi connectivity index (χ2n) is 4.62. The van der Waals surface area contributed by atoms with Crippen molar-refractivity contribution in [3.8, 4) is 0 Å². The molecule has 0 spiro atoms. The molecule has 0 fully saturated rings. The van der Waals surface area contributed by atoms with Gasteiger partial charge in [-0.25, -0.2) is 17.8 Å². The molecule has 0 unspecified atom stereocenters. The minimum atomic E-state index is -3.80. The first kappa shape index (κ1) is 16.0. The Morgan fingerprint density at radius 3 is 2.68 bits per heavy atom. The summed E-state index contributed by atoms with van der Waals surface area (Å²) in [5, 5.41) is 3.03. The third-order valence-corrected chi connectivity index (χ3v) is 4.25. The lowest BCUT2D eigenvalue weighted by molar-refractivity contribution is 0.598. The maximum absolute atomic E-state index is 13.2. The van der Waals surface area contributed by atoms with E-state index < -0.39 is 15.8 Å². The van der Waals surface area contributed by atoms with Gasteiger partial charge in [0.15, 0.2) is 0 Å². The van der Waals surface area contributed by atoms with E-state index in [1.807, 2.05) is 0 Å². The SMILES string of the molecule is C=CCNc1ccc(NS(=O)(=O)c2ccc(F)c(C)c2)nc1. The molecular weight excluding hydrogens is 305 g/mol. The molecule has 22 heavy (non-hydrogen) atoms. The lowest BCUT2D eigenvalue weighted by atomic mass is 10.2. The summed E-state index contributed by atoms with van der Waals surface area (Å²) in [7, 11) is -3.80. The van der Waals surface area contributed by atoms with Crippen LogP contribution in [0.5, 0.6) is 0 Å². The first-order valence-electron chi connectivity index (χ1n) is 6.52. The van der Waals surface area contributed by atoms with Crippen LogP contribution in [0.3, 0.4) is 0 Å². The van der Waals surface area contributed by atoms with E-state index in [4.69, 9.17) is 0 Å². The highest BCUT2D eigenvalue weighted by molar-refractivity contribution is 7.92. The zero-order valence-corrected chi connectivity index (χ0v) is 12.8. The van der Waals surface area contributed by atoms with Gasteiger partial charge in [-0.2, -0.15) is 0 Å². The Morgan fingerprint density at radius 2 is 2.09 bits per heavy atom. The van der Waals surface area contributed by atoms with Crippen LogP contribution >= 0.6 is 0 Å². The highest BCUT2D eigenvalue weighted by atomic mass is 32.2. The van der Waals surface area contributed by atoms with Crippen molar-refractivity contribution in [3.63, 3.8) is 0 Å². The predicted octanol–water partition coefficient (Wildman–Crippen LogP) is 2.93. The summed E-state index contributed by atoms with van der Waals surface area (Å²) in [6.45, 7) is 5.68. The minimum Gasteiger partial charge on any atom is -0.380 e. The molecule has 5 nitrogen and oxygen atoms in total. The fraction of sp³-hybridized carbons (Fsp3) is 0.133. The standard InChI is InChI=1S/C15H16FN3O2S/c1-3-8-17-12-4-7-15(18-10-12)19-22(20,21)13-5-6-14(16)11(2)9-13/h3-7,9-10,17H,1,8H2,2H3,(H,18,19). The Bertz CT molecular complexity index is 774. The van der Waals surface area contributed by atoms with Gasteiger partial charge in [0.25, 0.3) is 10.0 Å². The molecule has 116 valence electrons. The summed E-state index contributed by atoms with van der Waals surface area (Å²) in [5.74, 6) is -0.263. The molecule has 2 N–H and O–H groups in total. The van der Waals surface area contributed by atoms with E-state index >= 15 is 0 Å². The second-order valence-corrected chi connectivity index (χ2v) is 6.30. The number of pyridine rings is 1. The average Bonchev–Trinajstić information content (AvgIpc) is 2.49. The van der Waals surface area contributed by atoms with Crippen molar-refractivity contribution in [2.75, 3.05) is 16.6 Å². The Kier molecular flexibility index (Phi) is 4.77. The van der Waals surface area contributed by atoms with Crippen molar-refractivity contribution in [2.24, 2.45) is 0 Å². The monoisotopic (exact) mass is 321 g/mol. The smallest absolute Gasteiger partial charge is 0.263 e. The number of hydrogen-bond acceptors (Lipinski definition) is 4. The number of sulfonamides is 1. The van der Waals surface area contributed by atoms with Gasteiger partial charge in [0.2, 0.25) is 0 Å². The summed E-state index contributed by atoms with van der Waals surface area (Å²) >= 11 is 0. The molecular formula is C15H16FN3O2S. The average molecular weight is 321 g/mol. The largest absolute Gasteiger partial charge is 0.380 e. The van der Waals surface area contributed by atoms with Crippen LogP contribution in [0.15, 0.2) is 54.1 Å². The van der Waals surface area contributed by atoms with Crippen LogP contribution in [0.4, 0.5) is 15.9 Å². The fourth-order valence-corrected chi connectivity index (χ4v) is 2.82. The van der Waals surface area contributed by atoms with E-state index in [0.717, 1.165) is 11.8 Å². The van der Waals surface area contributed by atoms with Crippen LogP contribution in [-0.2, 0) is 10.0 Å². The van der Waals surface area contributed by atoms with Crippen molar-refractivity contribution in [1.82, 2.24) is 4.98 Å². The highest BCUT2D eigenvalue weighted by Crippen LogP contribution is 2.18. The lowest BCUT2D eigenvalue weighted by Crippen LogP contribution is -2.14.